The number of halogens is 1. The first-order chi connectivity index (χ1) is 13.2. The number of ether oxygens (including phenoxy) is 1. The fourth-order valence-corrected chi connectivity index (χ4v) is 2.74. The minimum Gasteiger partial charge on any atom is -0.483 e. The van der Waals surface area contributed by atoms with E-state index in [1.54, 1.807) is 36.4 Å². The van der Waals surface area contributed by atoms with Crippen molar-refractivity contribution in [3.63, 3.8) is 0 Å². The maximum atomic E-state index is 13.5. The molecule has 0 atom stereocenters. The van der Waals surface area contributed by atoms with Crippen molar-refractivity contribution in [1.29, 1.82) is 5.26 Å². The quantitative estimate of drug-likeness (QED) is 0.608. The molecule has 3 rings (SSSR count). The number of aromatic nitrogens is 3. The third-order valence-corrected chi connectivity index (χ3v) is 4.21. The first-order valence-corrected chi connectivity index (χ1v) is 8.84. The van der Waals surface area contributed by atoms with Crippen molar-refractivity contribution >= 4 is 23.4 Å². The molecule has 0 fully saturated rings. The van der Waals surface area contributed by atoms with E-state index in [0.29, 0.717) is 22.2 Å². The van der Waals surface area contributed by atoms with E-state index >= 15 is 0 Å². The number of benzene rings is 2. The average Bonchev–Trinajstić information content (AvgIpc) is 3.14. The van der Waals surface area contributed by atoms with Crippen LogP contribution in [0.25, 0.3) is 0 Å². The molecular weight excluding hydrogens is 369 g/mol. The molecule has 0 saturated heterocycles. The first-order valence-electron chi connectivity index (χ1n) is 7.86. The maximum absolute atomic E-state index is 13.5. The van der Waals surface area contributed by atoms with Crippen LogP contribution in [0.5, 0.6) is 5.75 Å². The number of thioether (sulfide) groups is 1. The fourth-order valence-electron chi connectivity index (χ4n) is 2.12. The summed E-state index contributed by atoms with van der Waals surface area (Å²) in [6, 6.07) is 14.8. The normalized spacial score (nSPS) is 10.2. The van der Waals surface area contributed by atoms with Gasteiger partial charge in [0.15, 0.2) is 17.4 Å². The number of para-hydroxylation sites is 2. The molecule has 0 aliphatic rings. The van der Waals surface area contributed by atoms with E-state index in [4.69, 9.17) is 10.00 Å². The van der Waals surface area contributed by atoms with Crippen LogP contribution in [0, 0.1) is 17.1 Å². The number of H-pyrrole nitrogens is 1. The van der Waals surface area contributed by atoms with Crippen LogP contribution in [0.4, 0.5) is 10.1 Å². The Morgan fingerprint density at radius 2 is 2.04 bits per heavy atom. The topological polar surface area (TPSA) is 104 Å². The van der Waals surface area contributed by atoms with Gasteiger partial charge < -0.3 is 10.1 Å². The third-order valence-electron chi connectivity index (χ3n) is 3.37. The molecule has 2 aromatic carbocycles. The molecule has 7 nitrogen and oxygen atoms in total. The highest BCUT2D eigenvalue weighted by Crippen LogP contribution is 2.18. The van der Waals surface area contributed by atoms with Crippen molar-refractivity contribution in [2.75, 3.05) is 11.1 Å². The lowest BCUT2D eigenvalue weighted by molar-refractivity contribution is -0.113. The summed E-state index contributed by atoms with van der Waals surface area (Å²) in [5.74, 6) is -0.127. The second-order valence-electron chi connectivity index (χ2n) is 5.28. The zero-order valence-corrected chi connectivity index (χ0v) is 14.8. The smallest absolute Gasteiger partial charge is 0.234 e. The molecule has 0 spiro atoms. The van der Waals surface area contributed by atoms with Crippen LogP contribution < -0.4 is 10.1 Å². The molecule has 27 heavy (non-hydrogen) atoms. The molecule has 9 heteroatoms. The fraction of sp³-hybridized carbons (Fsp3) is 0.111. The molecule has 1 amide bonds. The highest BCUT2D eigenvalue weighted by molar-refractivity contribution is 7.99. The van der Waals surface area contributed by atoms with Crippen molar-refractivity contribution in [3.05, 3.63) is 65.7 Å². The minimum absolute atomic E-state index is 0.0240. The summed E-state index contributed by atoms with van der Waals surface area (Å²) in [6.45, 7) is 0.0240. The lowest BCUT2D eigenvalue weighted by atomic mass is 10.2. The van der Waals surface area contributed by atoms with Gasteiger partial charge >= 0.3 is 0 Å². The van der Waals surface area contributed by atoms with Crippen LogP contribution in [-0.4, -0.2) is 26.8 Å². The Bertz CT molecular complexity index is 986. The Kier molecular flexibility index (Phi) is 6.02. The van der Waals surface area contributed by atoms with Gasteiger partial charge in [0.2, 0.25) is 11.1 Å². The van der Waals surface area contributed by atoms with Gasteiger partial charge in [-0.15, -0.1) is 5.10 Å². The number of amides is 1. The van der Waals surface area contributed by atoms with E-state index in [9.17, 15) is 9.18 Å². The number of nitriles is 1. The number of nitrogens with zero attached hydrogens (tertiary/aromatic N) is 3. The molecule has 1 heterocycles. The van der Waals surface area contributed by atoms with Crippen LogP contribution >= 0.6 is 11.8 Å². The van der Waals surface area contributed by atoms with E-state index in [1.807, 2.05) is 6.07 Å². The Morgan fingerprint density at radius 3 is 2.85 bits per heavy atom. The summed E-state index contributed by atoms with van der Waals surface area (Å²) in [4.78, 5) is 16.2. The zero-order chi connectivity index (χ0) is 19.1. The van der Waals surface area contributed by atoms with Gasteiger partial charge in [-0.1, -0.05) is 36.0 Å². The number of aromatic amines is 1. The van der Waals surface area contributed by atoms with E-state index in [-0.39, 0.29) is 24.0 Å². The number of anilines is 1. The molecule has 0 unspecified atom stereocenters. The van der Waals surface area contributed by atoms with Gasteiger partial charge in [0.1, 0.15) is 12.7 Å². The number of hydrogen-bond acceptors (Lipinski definition) is 6. The number of hydrogen-bond donors (Lipinski definition) is 2. The van der Waals surface area contributed by atoms with Crippen LogP contribution in [0.1, 0.15) is 11.4 Å². The largest absolute Gasteiger partial charge is 0.483 e. The lowest BCUT2D eigenvalue weighted by Gasteiger charge is -2.05. The van der Waals surface area contributed by atoms with E-state index < -0.39 is 5.82 Å². The van der Waals surface area contributed by atoms with Crippen LogP contribution in [0.15, 0.2) is 53.7 Å². The summed E-state index contributed by atoms with van der Waals surface area (Å²) < 4.78 is 18.8. The maximum Gasteiger partial charge on any atom is 0.234 e. The number of carbonyl (C=O) groups excluding carboxylic acids is 1. The molecule has 0 aliphatic carbocycles. The van der Waals surface area contributed by atoms with Crippen LogP contribution in [0.3, 0.4) is 0 Å². The molecule has 136 valence electrons. The molecule has 0 radical (unpaired) electrons. The molecule has 0 saturated carbocycles. The van der Waals surface area contributed by atoms with Crippen molar-refractivity contribution in [1.82, 2.24) is 15.2 Å². The average molecular weight is 383 g/mol. The standard InChI is InChI=1S/C18H14FN5O2S/c19-13-6-2-4-8-15(13)26-10-16-22-18(24-23-16)27-11-17(25)21-14-7-3-1-5-12(14)9-20/h1-8H,10-11H2,(H,21,25)(H,22,23,24). The number of carbonyl (C=O) groups is 1. The van der Waals surface area contributed by atoms with Gasteiger partial charge in [-0.25, -0.2) is 9.37 Å². The summed E-state index contributed by atoms with van der Waals surface area (Å²) in [5.41, 5.74) is 0.848. The molecule has 0 aliphatic heterocycles. The van der Waals surface area contributed by atoms with Crippen molar-refractivity contribution in [3.8, 4) is 11.8 Å². The highest BCUT2D eigenvalue weighted by atomic mass is 32.2. The summed E-state index contributed by atoms with van der Waals surface area (Å²) >= 11 is 1.13. The van der Waals surface area contributed by atoms with Gasteiger partial charge in [-0.3, -0.25) is 9.89 Å². The predicted octanol–water partition coefficient (Wildman–Crippen LogP) is 3.13. The third kappa shape index (κ3) is 5.05. The van der Waals surface area contributed by atoms with Gasteiger partial charge in [0, 0.05) is 0 Å². The first kappa shape index (κ1) is 18.4. The summed E-state index contributed by atoms with van der Waals surface area (Å²) in [5, 5.41) is 18.7. The van der Waals surface area contributed by atoms with Gasteiger partial charge in [-0.2, -0.15) is 5.26 Å². The SMILES string of the molecule is N#Cc1ccccc1NC(=O)CSc1n[nH]c(COc2ccccc2F)n1. The van der Waals surface area contributed by atoms with Crippen molar-refractivity contribution < 1.29 is 13.9 Å². The predicted molar refractivity (Wildman–Crippen MR) is 97.6 cm³/mol. The minimum atomic E-state index is -0.457. The summed E-state index contributed by atoms with van der Waals surface area (Å²) in [7, 11) is 0. The number of rotatable bonds is 7. The van der Waals surface area contributed by atoms with Crippen molar-refractivity contribution in [2.24, 2.45) is 0 Å². The molecule has 1 aromatic heterocycles. The summed E-state index contributed by atoms with van der Waals surface area (Å²) in [6.07, 6.45) is 0. The Labute approximate surface area is 158 Å². The van der Waals surface area contributed by atoms with E-state index in [1.165, 1.54) is 12.1 Å². The van der Waals surface area contributed by atoms with Crippen LogP contribution in [-0.2, 0) is 11.4 Å². The molecule has 0 bridgehead atoms. The van der Waals surface area contributed by atoms with Crippen LogP contribution in [0.2, 0.25) is 0 Å². The molecular formula is C18H14FN5O2S. The molecule has 2 N–H and O–H groups in total. The Hall–Kier alpha value is -3.38. The van der Waals surface area contributed by atoms with Crippen molar-refractivity contribution in [2.45, 2.75) is 11.8 Å². The lowest BCUT2D eigenvalue weighted by Crippen LogP contribution is -2.15. The van der Waals surface area contributed by atoms with E-state index in [0.717, 1.165) is 11.8 Å². The van der Waals surface area contributed by atoms with E-state index in [2.05, 4.69) is 20.5 Å². The highest BCUT2D eigenvalue weighted by Gasteiger charge is 2.11. The zero-order valence-electron chi connectivity index (χ0n) is 14.0. The Morgan fingerprint density at radius 1 is 1.26 bits per heavy atom. The number of nitrogens with one attached hydrogen (secondary N) is 2. The monoisotopic (exact) mass is 383 g/mol. The second-order valence-corrected chi connectivity index (χ2v) is 6.22. The van der Waals surface area contributed by atoms with Gasteiger partial charge in [0.25, 0.3) is 0 Å². The Balaban J connectivity index is 1.50. The molecule has 3 aromatic rings. The second kappa shape index (κ2) is 8.82. The van der Waals surface area contributed by atoms with Gasteiger partial charge in [0.05, 0.1) is 17.0 Å². The van der Waals surface area contributed by atoms with Gasteiger partial charge in [-0.05, 0) is 24.3 Å².